The zero-order valence-corrected chi connectivity index (χ0v) is 13.9. The van der Waals surface area contributed by atoms with Gasteiger partial charge in [-0.15, -0.1) is 0 Å². The first kappa shape index (κ1) is 18.0. The first-order valence-corrected chi connectivity index (χ1v) is 8.42. The number of hydrogen-bond acceptors (Lipinski definition) is 2. The summed E-state index contributed by atoms with van der Waals surface area (Å²) in [6.07, 6.45) is 9.11. The monoisotopic (exact) mass is 297 g/mol. The minimum Gasteiger partial charge on any atom is -0.480 e. The molecule has 1 heterocycles. The van der Waals surface area contributed by atoms with Gasteiger partial charge in [0.15, 0.2) is 0 Å². The summed E-state index contributed by atoms with van der Waals surface area (Å²) in [6.45, 7) is 6.69. The normalized spacial score (nSPS) is 21.3. The van der Waals surface area contributed by atoms with E-state index >= 15 is 0 Å². The van der Waals surface area contributed by atoms with E-state index in [9.17, 15) is 14.7 Å². The van der Waals surface area contributed by atoms with Crippen molar-refractivity contribution in [1.82, 2.24) is 4.90 Å². The molecule has 4 nitrogen and oxygen atoms in total. The molecule has 1 saturated heterocycles. The van der Waals surface area contributed by atoms with E-state index in [0.29, 0.717) is 13.0 Å². The Morgan fingerprint density at radius 2 is 1.76 bits per heavy atom. The fourth-order valence-electron chi connectivity index (χ4n) is 3.33. The highest BCUT2D eigenvalue weighted by Gasteiger charge is 2.44. The number of carboxylic acids is 1. The lowest BCUT2D eigenvalue weighted by Crippen LogP contribution is -2.56. The van der Waals surface area contributed by atoms with Gasteiger partial charge in [-0.3, -0.25) is 4.79 Å². The molecule has 0 saturated carbocycles. The van der Waals surface area contributed by atoms with E-state index in [2.05, 4.69) is 6.92 Å². The minimum absolute atomic E-state index is 0.0191. The van der Waals surface area contributed by atoms with Crippen molar-refractivity contribution in [1.29, 1.82) is 0 Å². The number of carbonyl (C=O) groups excluding carboxylic acids is 1. The van der Waals surface area contributed by atoms with Crippen LogP contribution in [-0.2, 0) is 9.59 Å². The molecule has 1 atom stereocenters. The van der Waals surface area contributed by atoms with Gasteiger partial charge in [0, 0.05) is 13.0 Å². The Morgan fingerprint density at radius 1 is 1.14 bits per heavy atom. The van der Waals surface area contributed by atoms with Crippen molar-refractivity contribution in [3.8, 4) is 0 Å². The zero-order valence-electron chi connectivity index (χ0n) is 13.9. The first-order valence-electron chi connectivity index (χ1n) is 8.42. The van der Waals surface area contributed by atoms with Gasteiger partial charge in [0.05, 0.1) is 0 Å². The number of hydrogen-bond donors (Lipinski definition) is 1. The summed E-state index contributed by atoms with van der Waals surface area (Å²) in [5.41, 5.74) is -0.332. The molecule has 1 unspecified atom stereocenters. The molecule has 4 heteroatoms. The Hall–Kier alpha value is -1.06. The van der Waals surface area contributed by atoms with Crippen LogP contribution in [0.25, 0.3) is 0 Å². The van der Waals surface area contributed by atoms with Gasteiger partial charge in [0.2, 0.25) is 5.91 Å². The predicted molar refractivity (Wildman–Crippen MR) is 84.1 cm³/mol. The highest BCUT2D eigenvalue weighted by atomic mass is 16.4. The molecule has 0 bridgehead atoms. The minimum atomic E-state index is -0.865. The number of nitrogens with zero attached hydrogens (tertiary/aromatic N) is 1. The quantitative estimate of drug-likeness (QED) is 0.692. The maximum Gasteiger partial charge on any atom is 0.326 e. The Balaban J connectivity index is 2.46. The number of piperidine rings is 1. The number of likely N-dealkylation sites (tertiary alicyclic amines) is 1. The zero-order chi connectivity index (χ0) is 15.9. The Bertz CT molecular complexity index is 352. The van der Waals surface area contributed by atoms with Crippen LogP contribution >= 0.6 is 0 Å². The molecule has 0 aromatic rings. The van der Waals surface area contributed by atoms with Crippen molar-refractivity contribution < 1.29 is 14.7 Å². The van der Waals surface area contributed by atoms with Crippen molar-refractivity contribution in [2.24, 2.45) is 5.41 Å². The van der Waals surface area contributed by atoms with Crippen LogP contribution in [0, 0.1) is 5.41 Å². The molecule has 1 aliphatic rings. The first-order chi connectivity index (χ1) is 9.90. The van der Waals surface area contributed by atoms with Crippen molar-refractivity contribution in [2.45, 2.75) is 84.6 Å². The molecule has 122 valence electrons. The van der Waals surface area contributed by atoms with Gasteiger partial charge in [0.1, 0.15) is 6.04 Å². The van der Waals surface area contributed by atoms with Crippen molar-refractivity contribution in [3.05, 3.63) is 0 Å². The molecule has 0 spiro atoms. The topological polar surface area (TPSA) is 57.6 Å². The molecule has 21 heavy (non-hydrogen) atoms. The largest absolute Gasteiger partial charge is 0.480 e. The standard InChI is InChI=1S/C17H31NO3/c1-4-5-6-7-8-9-11-14(19)18-13-10-12-17(2,3)15(18)16(20)21/h15H,4-13H2,1-3H3,(H,20,21). The SMILES string of the molecule is CCCCCCCCC(=O)N1CCCC(C)(C)C1C(=O)O. The lowest BCUT2D eigenvalue weighted by Gasteiger charge is -2.44. The summed E-state index contributed by atoms with van der Waals surface area (Å²) in [5.74, 6) is -0.846. The van der Waals surface area contributed by atoms with Crippen LogP contribution in [0.1, 0.15) is 78.6 Å². The second kappa shape index (κ2) is 8.40. The van der Waals surface area contributed by atoms with Gasteiger partial charge in [-0.2, -0.15) is 0 Å². The van der Waals surface area contributed by atoms with Gasteiger partial charge in [0.25, 0.3) is 0 Å². The van der Waals surface area contributed by atoms with Crippen LogP contribution in [0.4, 0.5) is 0 Å². The van der Waals surface area contributed by atoms with Crippen LogP contribution in [0.15, 0.2) is 0 Å². The van der Waals surface area contributed by atoms with E-state index in [1.807, 2.05) is 13.8 Å². The molecule has 0 aromatic carbocycles. The van der Waals surface area contributed by atoms with E-state index in [0.717, 1.165) is 25.7 Å². The maximum absolute atomic E-state index is 12.4. The van der Waals surface area contributed by atoms with Crippen molar-refractivity contribution >= 4 is 11.9 Å². The van der Waals surface area contributed by atoms with Gasteiger partial charge in [-0.05, 0) is 24.7 Å². The number of rotatable bonds is 8. The second-order valence-electron chi connectivity index (χ2n) is 6.94. The lowest BCUT2D eigenvalue weighted by molar-refractivity contribution is -0.158. The van der Waals surface area contributed by atoms with Gasteiger partial charge < -0.3 is 10.0 Å². The van der Waals surface area contributed by atoms with Gasteiger partial charge >= 0.3 is 5.97 Å². The number of aliphatic carboxylic acids is 1. The highest BCUT2D eigenvalue weighted by molar-refractivity contribution is 5.84. The van der Waals surface area contributed by atoms with Crippen LogP contribution in [-0.4, -0.2) is 34.5 Å². The third kappa shape index (κ3) is 5.33. The number of unbranched alkanes of at least 4 members (excludes halogenated alkanes) is 5. The van der Waals surface area contributed by atoms with Gasteiger partial charge in [-0.25, -0.2) is 4.79 Å². The Labute approximate surface area is 128 Å². The molecule has 0 radical (unpaired) electrons. The number of carbonyl (C=O) groups is 2. The molecule has 1 N–H and O–H groups in total. The van der Waals surface area contributed by atoms with Crippen molar-refractivity contribution in [2.75, 3.05) is 6.54 Å². The highest BCUT2D eigenvalue weighted by Crippen LogP contribution is 2.35. The molecular weight excluding hydrogens is 266 g/mol. The smallest absolute Gasteiger partial charge is 0.326 e. The van der Waals surface area contributed by atoms with E-state index in [1.54, 1.807) is 4.90 Å². The average Bonchev–Trinajstić information content (AvgIpc) is 2.40. The van der Waals surface area contributed by atoms with Crippen molar-refractivity contribution in [3.63, 3.8) is 0 Å². The molecule has 1 rings (SSSR count). The van der Waals surface area contributed by atoms with E-state index in [-0.39, 0.29) is 11.3 Å². The fraction of sp³-hybridized carbons (Fsp3) is 0.882. The third-order valence-electron chi connectivity index (χ3n) is 4.57. The van der Waals surface area contributed by atoms with E-state index in [4.69, 9.17) is 0 Å². The van der Waals surface area contributed by atoms with Crippen LogP contribution in [0.2, 0.25) is 0 Å². The van der Waals surface area contributed by atoms with Crippen LogP contribution in [0.3, 0.4) is 0 Å². The Morgan fingerprint density at radius 3 is 2.38 bits per heavy atom. The fourth-order valence-corrected chi connectivity index (χ4v) is 3.33. The summed E-state index contributed by atoms with van der Waals surface area (Å²) >= 11 is 0. The van der Waals surface area contributed by atoms with Crippen LogP contribution < -0.4 is 0 Å². The summed E-state index contributed by atoms with van der Waals surface area (Å²) in [6, 6.07) is -0.668. The maximum atomic E-state index is 12.4. The molecule has 0 aliphatic carbocycles. The van der Waals surface area contributed by atoms with E-state index < -0.39 is 12.0 Å². The third-order valence-corrected chi connectivity index (χ3v) is 4.57. The van der Waals surface area contributed by atoms with Crippen LogP contribution in [0.5, 0.6) is 0 Å². The number of amides is 1. The Kier molecular flexibility index (Phi) is 7.20. The lowest BCUT2D eigenvalue weighted by atomic mass is 9.76. The summed E-state index contributed by atoms with van der Waals surface area (Å²) in [7, 11) is 0. The molecule has 0 aromatic heterocycles. The summed E-state index contributed by atoms with van der Waals surface area (Å²) in [5, 5.41) is 9.47. The molecule has 1 aliphatic heterocycles. The summed E-state index contributed by atoms with van der Waals surface area (Å²) < 4.78 is 0. The van der Waals surface area contributed by atoms with Gasteiger partial charge in [-0.1, -0.05) is 52.9 Å². The average molecular weight is 297 g/mol. The predicted octanol–water partition coefficient (Wildman–Crippen LogP) is 3.84. The van der Waals surface area contributed by atoms with E-state index in [1.165, 1.54) is 25.7 Å². The molecule has 1 fully saturated rings. The molecule has 1 amide bonds. The second-order valence-corrected chi connectivity index (χ2v) is 6.94. The molecular formula is C17H31NO3. The number of carboxylic acid groups (broad SMARTS) is 1. The summed E-state index contributed by atoms with van der Waals surface area (Å²) in [4.78, 5) is 25.5.